The van der Waals surface area contributed by atoms with Gasteiger partial charge >= 0.3 is 0 Å². The van der Waals surface area contributed by atoms with Crippen molar-refractivity contribution in [3.63, 3.8) is 0 Å². The summed E-state index contributed by atoms with van der Waals surface area (Å²) in [6.07, 6.45) is 1.89. The van der Waals surface area contributed by atoms with Crippen molar-refractivity contribution < 1.29 is 4.74 Å². The molecule has 0 radical (unpaired) electrons. The van der Waals surface area contributed by atoms with Crippen LogP contribution in [-0.4, -0.2) is 18.1 Å². The summed E-state index contributed by atoms with van der Waals surface area (Å²) in [5.74, 6) is 0.689. The maximum absolute atomic E-state index is 5.28. The molecule has 1 aromatic carbocycles. The molecule has 0 unspecified atom stereocenters. The molecule has 0 spiro atoms. The Hall–Kier alpha value is -1.61. The molecule has 0 saturated carbocycles. The van der Waals surface area contributed by atoms with Crippen LogP contribution in [0.25, 0.3) is 10.8 Å². The number of hydrogen-bond acceptors (Lipinski definition) is 3. The maximum atomic E-state index is 5.28. The second-order valence-electron chi connectivity index (χ2n) is 4.37. The number of fused-ring (bicyclic) bond motifs is 1. The van der Waals surface area contributed by atoms with E-state index in [0.717, 1.165) is 11.9 Å². The quantitative estimate of drug-likeness (QED) is 0.877. The molecule has 0 bridgehead atoms. The highest BCUT2D eigenvalue weighted by atomic mass is 16.5. The minimum Gasteiger partial charge on any atom is -0.481 e. The van der Waals surface area contributed by atoms with E-state index in [9.17, 15) is 0 Å². The number of benzene rings is 1. The van der Waals surface area contributed by atoms with E-state index in [1.165, 1.54) is 10.9 Å². The van der Waals surface area contributed by atoms with Gasteiger partial charge in [0.1, 0.15) is 0 Å². The van der Waals surface area contributed by atoms with Crippen LogP contribution in [0.2, 0.25) is 0 Å². The molecule has 1 heterocycles. The van der Waals surface area contributed by atoms with E-state index >= 15 is 0 Å². The molecule has 3 nitrogen and oxygen atoms in total. The molecular weight excluding hydrogens is 212 g/mol. The van der Waals surface area contributed by atoms with Crippen molar-refractivity contribution in [3.05, 3.63) is 36.0 Å². The normalized spacial score (nSPS) is 11.1. The summed E-state index contributed by atoms with van der Waals surface area (Å²) < 4.78 is 5.28. The number of ether oxygens (including phenoxy) is 1. The number of aromatic nitrogens is 1. The van der Waals surface area contributed by atoms with Gasteiger partial charge in [-0.3, -0.25) is 0 Å². The summed E-state index contributed by atoms with van der Waals surface area (Å²) in [5, 5.41) is 5.68. The number of rotatable bonds is 4. The van der Waals surface area contributed by atoms with Crippen molar-refractivity contribution in [2.75, 3.05) is 7.11 Å². The molecule has 2 rings (SSSR count). The van der Waals surface area contributed by atoms with Gasteiger partial charge in [0.05, 0.1) is 7.11 Å². The Morgan fingerprint density at radius 2 is 1.94 bits per heavy atom. The van der Waals surface area contributed by atoms with Gasteiger partial charge in [0.15, 0.2) is 0 Å². The van der Waals surface area contributed by atoms with E-state index in [0.29, 0.717) is 11.9 Å². The predicted molar refractivity (Wildman–Crippen MR) is 70.3 cm³/mol. The molecule has 0 aliphatic rings. The molecule has 3 heteroatoms. The van der Waals surface area contributed by atoms with Crippen LogP contribution in [0.5, 0.6) is 5.88 Å². The largest absolute Gasteiger partial charge is 0.481 e. The van der Waals surface area contributed by atoms with E-state index in [1.807, 2.05) is 24.4 Å². The molecule has 1 N–H and O–H groups in total. The topological polar surface area (TPSA) is 34.1 Å². The first-order valence-electron chi connectivity index (χ1n) is 5.86. The lowest BCUT2D eigenvalue weighted by Gasteiger charge is -2.12. The Morgan fingerprint density at radius 3 is 2.59 bits per heavy atom. The van der Waals surface area contributed by atoms with Crippen LogP contribution >= 0.6 is 0 Å². The van der Waals surface area contributed by atoms with E-state index < -0.39 is 0 Å². The average molecular weight is 230 g/mol. The molecule has 0 saturated heterocycles. The zero-order valence-electron chi connectivity index (χ0n) is 10.5. The van der Waals surface area contributed by atoms with Gasteiger partial charge in [-0.05, 0) is 17.0 Å². The Bertz CT molecular complexity index is 509. The SMILES string of the molecule is COc1ncc(CNC(C)C)c2ccccc12. The fourth-order valence-corrected chi connectivity index (χ4v) is 1.84. The van der Waals surface area contributed by atoms with Gasteiger partial charge in [0.25, 0.3) is 0 Å². The van der Waals surface area contributed by atoms with Gasteiger partial charge in [-0.2, -0.15) is 0 Å². The van der Waals surface area contributed by atoms with Gasteiger partial charge in [-0.15, -0.1) is 0 Å². The Morgan fingerprint density at radius 1 is 1.24 bits per heavy atom. The molecule has 17 heavy (non-hydrogen) atoms. The standard InChI is InChI=1S/C14H18N2O/c1-10(2)15-8-11-9-16-14(17-3)13-7-5-4-6-12(11)13/h4-7,9-10,15H,8H2,1-3H3. The minimum absolute atomic E-state index is 0.468. The molecule has 0 fully saturated rings. The van der Waals surface area contributed by atoms with Gasteiger partial charge in [0.2, 0.25) is 5.88 Å². The number of nitrogens with zero attached hydrogens (tertiary/aromatic N) is 1. The number of hydrogen-bond donors (Lipinski definition) is 1. The lowest BCUT2D eigenvalue weighted by Crippen LogP contribution is -2.22. The third-order valence-corrected chi connectivity index (χ3v) is 2.74. The van der Waals surface area contributed by atoms with Crippen molar-refractivity contribution in [1.82, 2.24) is 10.3 Å². The summed E-state index contributed by atoms with van der Waals surface area (Å²) in [6.45, 7) is 5.10. The fourth-order valence-electron chi connectivity index (χ4n) is 1.84. The van der Waals surface area contributed by atoms with Crippen molar-refractivity contribution in [1.29, 1.82) is 0 Å². The van der Waals surface area contributed by atoms with Crippen LogP contribution in [0, 0.1) is 0 Å². The number of pyridine rings is 1. The number of methoxy groups -OCH3 is 1. The van der Waals surface area contributed by atoms with Crippen molar-refractivity contribution in [3.8, 4) is 5.88 Å². The van der Waals surface area contributed by atoms with E-state index in [2.05, 4.69) is 30.2 Å². The zero-order valence-corrected chi connectivity index (χ0v) is 10.5. The van der Waals surface area contributed by atoms with Crippen LogP contribution in [0.4, 0.5) is 0 Å². The Balaban J connectivity index is 2.43. The van der Waals surface area contributed by atoms with E-state index in [4.69, 9.17) is 4.74 Å². The maximum Gasteiger partial charge on any atom is 0.221 e. The summed E-state index contributed by atoms with van der Waals surface area (Å²) in [4.78, 5) is 4.34. The summed E-state index contributed by atoms with van der Waals surface area (Å²) in [6, 6.07) is 8.67. The zero-order chi connectivity index (χ0) is 12.3. The van der Waals surface area contributed by atoms with Crippen LogP contribution < -0.4 is 10.1 Å². The van der Waals surface area contributed by atoms with Gasteiger partial charge in [0, 0.05) is 24.2 Å². The lowest BCUT2D eigenvalue weighted by molar-refractivity contribution is 0.403. The molecule has 0 aliphatic heterocycles. The molecule has 0 amide bonds. The molecule has 0 aliphatic carbocycles. The highest BCUT2D eigenvalue weighted by molar-refractivity contribution is 5.89. The third kappa shape index (κ3) is 2.56. The molecule has 0 atom stereocenters. The third-order valence-electron chi connectivity index (χ3n) is 2.74. The van der Waals surface area contributed by atoms with Crippen LogP contribution in [-0.2, 0) is 6.54 Å². The van der Waals surface area contributed by atoms with Crippen molar-refractivity contribution in [2.24, 2.45) is 0 Å². The first-order valence-corrected chi connectivity index (χ1v) is 5.86. The van der Waals surface area contributed by atoms with E-state index in [-0.39, 0.29) is 0 Å². The highest BCUT2D eigenvalue weighted by Gasteiger charge is 2.07. The van der Waals surface area contributed by atoms with E-state index in [1.54, 1.807) is 7.11 Å². The summed E-state index contributed by atoms with van der Waals surface area (Å²) in [5.41, 5.74) is 1.20. The van der Waals surface area contributed by atoms with Crippen LogP contribution in [0.1, 0.15) is 19.4 Å². The van der Waals surface area contributed by atoms with Crippen molar-refractivity contribution in [2.45, 2.75) is 26.4 Å². The molecule has 90 valence electrons. The summed E-state index contributed by atoms with van der Waals surface area (Å²) >= 11 is 0. The average Bonchev–Trinajstić information content (AvgIpc) is 2.35. The minimum atomic E-state index is 0.468. The lowest BCUT2D eigenvalue weighted by atomic mass is 10.1. The first kappa shape index (κ1) is 11.9. The van der Waals surface area contributed by atoms with Gasteiger partial charge in [-0.25, -0.2) is 4.98 Å². The van der Waals surface area contributed by atoms with Crippen LogP contribution in [0.15, 0.2) is 30.5 Å². The second-order valence-corrected chi connectivity index (χ2v) is 4.37. The Kier molecular flexibility index (Phi) is 3.59. The second kappa shape index (κ2) is 5.15. The predicted octanol–water partition coefficient (Wildman–Crippen LogP) is 2.74. The fraction of sp³-hybridized carbons (Fsp3) is 0.357. The summed E-state index contributed by atoms with van der Waals surface area (Å²) in [7, 11) is 1.65. The molecule has 1 aromatic heterocycles. The molecule has 2 aromatic rings. The van der Waals surface area contributed by atoms with Crippen LogP contribution in [0.3, 0.4) is 0 Å². The van der Waals surface area contributed by atoms with Crippen molar-refractivity contribution >= 4 is 10.8 Å². The smallest absolute Gasteiger partial charge is 0.221 e. The van der Waals surface area contributed by atoms with Gasteiger partial charge in [-0.1, -0.05) is 32.0 Å². The Labute approximate surface area is 102 Å². The van der Waals surface area contributed by atoms with Gasteiger partial charge < -0.3 is 10.1 Å². The monoisotopic (exact) mass is 230 g/mol. The highest BCUT2D eigenvalue weighted by Crippen LogP contribution is 2.25. The molecular formula is C14H18N2O. The first-order chi connectivity index (χ1) is 8.22. The number of nitrogens with one attached hydrogen (secondary N) is 1.